The third-order valence-corrected chi connectivity index (χ3v) is 3.96. The number of hydrogen-bond donors (Lipinski definition) is 1. The number of aromatic nitrogens is 3. The van der Waals surface area contributed by atoms with Crippen LogP contribution in [0.15, 0.2) is 48.8 Å². The van der Waals surface area contributed by atoms with E-state index in [1.807, 2.05) is 55.7 Å². The van der Waals surface area contributed by atoms with Crippen molar-refractivity contribution in [2.24, 2.45) is 0 Å². The molecule has 0 aliphatic heterocycles. The fourth-order valence-corrected chi connectivity index (χ4v) is 2.64. The highest BCUT2D eigenvalue weighted by molar-refractivity contribution is 5.97. The summed E-state index contributed by atoms with van der Waals surface area (Å²) in [4.78, 5) is 21.3. The van der Waals surface area contributed by atoms with E-state index in [1.54, 1.807) is 18.5 Å². The van der Waals surface area contributed by atoms with Crippen molar-refractivity contribution in [2.45, 2.75) is 20.8 Å². The van der Waals surface area contributed by atoms with Gasteiger partial charge >= 0.3 is 0 Å². The number of pyridine rings is 1. The highest BCUT2D eigenvalue weighted by atomic mass is 16.5. The topological polar surface area (TPSA) is 69.0 Å². The van der Waals surface area contributed by atoms with E-state index in [2.05, 4.69) is 15.3 Å². The third kappa shape index (κ3) is 4.08. The number of benzene rings is 1. The molecule has 0 bridgehead atoms. The first-order chi connectivity index (χ1) is 12.5. The number of nitrogens with zero attached hydrogens (tertiary/aromatic N) is 3. The molecule has 2 aromatic heterocycles. The second-order valence-corrected chi connectivity index (χ2v) is 6.09. The van der Waals surface area contributed by atoms with E-state index < -0.39 is 0 Å². The van der Waals surface area contributed by atoms with E-state index in [-0.39, 0.29) is 5.91 Å². The summed E-state index contributed by atoms with van der Waals surface area (Å²) in [5.41, 5.74) is 2.48. The van der Waals surface area contributed by atoms with E-state index >= 15 is 0 Å². The van der Waals surface area contributed by atoms with E-state index in [4.69, 9.17) is 4.74 Å². The summed E-state index contributed by atoms with van der Waals surface area (Å²) in [5.74, 6) is 1.97. The molecular formula is C20H22N4O2. The molecule has 0 atom stereocenters. The Kier molecular flexibility index (Phi) is 5.31. The number of rotatable bonds is 6. The number of nitrogens with one attached hydrogen (secondary N) is 1. The standard InChI is InChI=1S/C20H22N4O2/c1-14-5-4-6-17(13-14)26-12-10-22-20(25)18-8-7-15(2)23-19(18)24-11-9-21-16(24)3/h4-9,11,13H,10,12H2,1-3H3,(H,22,25). The Hall–Kier alpha value is -3.15. The first-order valence-electron chi connectivity index (χ1n) is 8.50. The molecule has 0 spiro atoms. The Morgan fingerprint density at radius 1 is 1.19 bits per heavy atom. The van der Waals surface area contributed by atoms with Crippen LogP contribution in [0.4, 0.5) is 0 Å². The van der Waals surface area contributed by atoms with E-state index in [0.29, 0.717) is 24.5 Å². The average Bonchev–Trinajstić information content (AvgIpc) is 3.04. The summed E-state index contributed by atoms with van der Waals surface area (Å²) in [5, 5.41) is 2.89. The van der Waals surface area contributed by atoms with Crippen LogP contribution in [0.3, 0.4) is 0 Å². The van der Waals surface area contributed by atoms with Crippen LogP contribution in [0.2, 0.25) is 0 Å². The molecule has 0 aliphatic carbocycles. The summed E-state index contributed by atoms with van der Waals surface area (Å²) in [6.07, 6.45) is 3.49. The zero-order chi connectivity index (χ0) is 18.5. The van der Waals surface area contributed by atoms with Gasteiger partial charge in [0.25, 0.3) is 5.91 Å². The SMILES string of the molecule is Cc1cccc(OCCNC(=O)c2ccc(C)nc2-n2ccnc2C)c1. The van der Waals surface area contributed by atoms with Crippen LogP contribution in [0, 0.1) is 20.8 Å². The van der Waals surface area contributed by atoms with Crippen molar-refractivity contribution in [3.8, 4) is 11.6 Å². The van der Waals surface area contributed by atoms with Gasteiger partial charge in [-0.25, -0.2) is 9.97 Å². The maximum Gasteiger partial charge on any atom is 0.255 e. The Bertz CT molecular complexity index is 918. The normalized spacial score (nSPS) is 10.6. The zero-order valence-electron chi connectivity index (χ0n) is 15.2. The molecule has 26 heavy (non-hydrogen) atoms. The first-order valence-corrected chi connectivity index (χ1v) is 8.50. The minimum Gasteiger partial charge on any atom is -0.492 e. The van der Waals surface area contributed by atoms with E-state index in [1.165, 1.54) is 0 Å². The van der Waals surface area contributed by atoms with Crippen molar-refractivity contribution in [2.75, 3.05) is 13.2 Å². The van der Waals surface area contributed by atoms with Gasteiger partial charge in [-0.3, -0.25) is 9.36 Å². The second-order valence-electron chi connectivity index (χ2n) is 6.09. The van der Waals surface area contributed by atoms with Gasteiger partial charge in [0, 0.05) is 18.1 Å². The van der Waals surface area contributed by atoms with Gasteiger partial charge in [-0.2, -0.15) is 0 Å². The van der Waals surface area contributed by atoms with Gasteiger partial charge in [-0.1, -0.05) is 12.1 Å². The van der Waals surface area contributed by atoms with Crippen molar-refractivity contribution < 1.29 is 9.53 Å². The molecule has 0 aliphatic rings. The summed E-state index contributed by atoms with van der Waals surface area (Å²) >= 11 is 0. The van der Waals surface area contributed by atoms with Gasteiger partial charge in [0.1, 0.15) is 18.2 Å². The van der Waals surface area contributed by atoms with Crippen molar-refractivity contribution >= 4 is 5.91 Å². The quantitative estimate of drug-likeness (QED) is 0.694. The molecule has 6 heteroatoms. The number of amides is 1. The molecule has 1 amide bonds. The molecular weight excluding hydrogens is 328 g/mol. The lowest BCUT2D eigenvalue weighted by atomic mass is 10.2. The second kappa shape index (κ2) is 7.82. The van der Waals surface area contributed by atoms with Crippen LogP contribution >= 0.6 is 0 Å². The Labute approximate surface area is 152 Å². The molecule has 6 nitrogen and oxygen atoms in total. The predicted molar refractivity (Wildman–Crippen MR) is 99.8 cm³/mol. The molecule has 1 N–H and O–H groups in total. The minimum absolute atomic E-state index is 0.187. The molecule has 3 aromatic rings. The van der Waals surface area contributed by atoms with Gasteiger partial charge in [0.2, 0.25) is 0 Å². The molecule has 2 heterocycles. The van der Waals surface area contributed by atoms with E-state index in [9.17, 15) is 4.79 Å². The number of hydrogen-bond acceptors (Lipinski definition) is 4. The third-order valence-electron chi connectivity index (χ3n) is 3.96. The van der Waals surface area contributed by atoms with Crippen molar-refractivity contribution in [3.63, 3.8) is 0 Å². The maximum atomic E-state index is 12.6. The number of imidazole rings is 1. The summed E-state index contributed by atoms with van der Waals surface area (Å²) in [7, 11) is 0. The highest BCUT2D eigenvalue weighted by Gasteiger charge is 2.15. The van der Waals surface area contributed by atoms with E-state index in [0.717, 1.165) is 22.8 Å². The lowest BCUT2D eigenvalue weighted by Gasteiger charge is -2.12. The fraction of sp³-hybridized carbons (Fsp3) is 0.250. The van der Waals surface area contributed by atoms with Gasteiger partial charge in [0.15, 0.2) is 5.82 Å². The van der Waals surface area contributed by atoms with Crippen molar-refractivity contribution in [3.05, 3.63) is 71.4 Å². The Balaban J connectivity index is 1.66. The summed E-state index contributed by atoms with van der Waals surface area (Å²) in [6, 6.07) is 11.4. The summed E-state index contributed by atoms with van der Waals surface area (Å²) < 4.78 is 7.48. The Morgan fingerprint density at radius 3 is 2.77 bits per heavy atom. The number of carbonyl (C=O) groups is 1. The fourth-order valence-electron chi connectivity index (χ4n) is 2.64. The van der Waals surface area contributed by atoms with Crippen LogP contribution in [0.5, 0.6) is 5.75 Å². The highest BCUT2D eigenvalue weighted by Crippen LogP contribution is 2.15. The molecule has 0 unspecified atom stereocenters. The van der Waals surface area contributed by atoms with Crippen LogP contribution in [-0.4, -0.2) is 33.6 Å². The number of aryl methyl sites for hydroxylation is 3. The van der Waals surface area contributed by atoms with Crippen molar-refractivity contribution in [1.29, 1.82) is 0 Å². The molecule has 134 valence electrons. The monoisotopic (exact) mass is 350 g/mol. The summed E-state index contributed by atoms with van der Waals surface area (Å²) in [6.45, 7) is 6.59. The average molecular weight is 350 g/mol. The van der Waals surface area contributed by atoms with Crippen LogP contribution in [-0.2, 0) is 0 Å². The molecule has 0 saturated heterocycles. The Morgan fingerprint density at radius 2 is 2.04 bits per heavy atom. The first kappa shape index (κ1) is 17.7. The molecule has 0 fully saturated rings. The van der Waals surface area contributed by atoms with Gasteiger partial charge in [0.05, 0.1) is 12.1 Å². The van der Waals surface area contributed by atoms with Gasteiger partial charge in [-0.05, 0) is 50.6 Å². The molecule has 0 radical (unpaired) electrons. The number of ether oxygens (including phenoxy) is 1. The van der Waals surface area contributed by atoms with Gasteiger partial charge in [-0.15, -0.1) is 0 Å². The van der Waals surface area contributed by atoms with Crippen LogP contribution < -0.4 is 10.1 Å². The molecule has 3 rings (SSSR count). The largest absolute Gasteiger partial charge is 0.492 e. The minimum atomic E-state index is -0.187. The lowest BCUT2D eigenvalue weighted by Crippen LogP contribution is -2.29. The molecule has 1 aromatic carbocycles. The number of carbonyl (C=O) groups excluding carboxylic acids is 1. The molecule has 0 saturated carbocycles. The zero-order valence-corrected chi connectivity index (χ0v) is 15.2. The predicted octanol–water partition coefficient (Wildman–Crippen LogP) is 3.00. The van der Waals surface area contributed by atoms with Crippen LogP contribution in [0.1, 0.15) is 27.4 Å². The lowest BCUT2D eigenvalue weighted by molar-refractivity contribution is 0.0946. The maximum absolute atomic E-state index is 12.6. The smallest absolute Gasteiger partial charge is 0.255 e. The van der Waals surface area contributed by atoms with Crippen molar-refractivity contribution in [1.82, 2.24) is 19.9 Å². The van der Waals surface area contributed by atoms with Crippen LogP contribution in [0.25, 0.3) is 5.82 Å². The van der Waals surface area contributed by atoms with Gasteiger partial charge < -0.3 is 10.1 Å².